The smallest absolute Gasteiger partial charge is 0.0928 e. The van der Waals surface area contributed by atoms with Gasteiger partial charge in [0.15, 0.2) is 0 Å². The highest BCUT2D eigenvalue weighted by Gasteiger charge is 2.11. The van der Waals surface area contributed by atoms with Crippen molar-refractivity contribution >= 4 is 11.6 Å². The SMILES string of the molecule is CC(CNCC(O)c1ccccc1Cl)N(C)C. The number of rotatable bonds is 6. The van der Waals surface area contributed by atoms with Crippen LogP contribution in [0.25, 0.3) is 0 Å². The number of nitrogens with zero attached hydrogens (tertiary/aromatic N) is 1. The van der Waals surface area contributed by atoms with Gasteiger partial charge in [0.1, 0.15) is 0 Å². The summed E-state index contributed by atoms with van der Waals surface area (Å²) < 4.78 is 0. The van der Waals surface area contributed by atoms with E-state index in [1.54, 1.807) is 6.07 Å². The van der Waals surface area contributed by atoms with Crippen molar-refractivity contribution in [3.8, 4) is 0 Å². The Morgan fingerprint density at radius 2 is 1.94 bits per heavy atom. The van der Waals surface area contributed by atoms with E-state index in [1.165, 1.54) is 0 Å². The minimum Gasteiger partial charge on any atom is -0.387 e. The summed E-state index contributed by atoms with van der Waals surface area (Å²) in [5, 5.41) is 13.8. The van der Waals surface area contributed by atoms with Crippen LogP contribution in [0.1, 0.15) is 18.6 Å². The lowest BCUT2D eigenvalue weighted by Crippen LogP contribution is -2.37. The third kappa shape index (κ3) is 4.64. The molecule has 0 aromatic heterocycles. The predicted octanol–water partition coefficient (Wildman–Crippen LogP) is 1.91. The summed E-state index contributed by atoms with van der Waals surface area (Å²) in [6.45, 7) is 3.49. The van der Waals surface area contributed by atoms with Crippen LogP contribution in [-0.2, 0) is 0 Å². The zero-order chi connectivity index (χ0) is 12.8. The largest absolute Gasteiger partial charge is 0.387 e. The van der Waals surface area contributed by atoms with Gasteiger partial charge in [-0.3, -0.25) is 0 Å². The molecule has 2 unspecified atom stereocenters. The van der Waals surface area contributed by atoms with E-state index in [-0.39, 0.29) is 0 Å². The summed E-state index contributed by atoms with van der Waals surface area (Å²) in [5.41, 5.74) is 0.777. The first-order chi connectivity index (χ1) is 8.02. The second-order valence-corrected chi connectivity index (χ2v) is 4.92. The van der Waals surface area contributed by atoms with E-state index < -0.39 is 6.10 Å². The molecule has 0 bridgehead atoms. The zero-order valence-electron chi connectivity index (χ0n) is 10.7. The summed E-state index contributed by atoms with van der Waals surface area (Å²) in [5.74, 6) is 0. The number of aliphatic hydroxyl groups excluding tert-OH is 1. The molecule has 2 N–H and O–H groups in total. The van der Waals surface area contributed by atoms with Crippen LogP contribution < -0.4 is 5.32 Å². The van der Waals surface area contributed by atoms with E-state index in [1.807, 2.05) is 32.3 Å². The van der Waals surface area contributed by atoms with E-state index in [0.29, 0.717) is 17.6 Å². The van der Waals surface area contributed by atoms with Crippen molar-refractivity contribution < 1.29 is 5.11 Å². The normalized spacial score (nSPS) is 14.9. The van der Waals surface area contributed by atoms with Crippen molar-refractivity contribution in [2.75, 3.05) is 27.2 Å². The molecule has 1 aromatic carbocycles. The first-order valence-electron chi connectivity index (χ1n) is 5.82. The molecule has 0 radical (unpaired) electrons. The molecule has 0 fully saturated rings. The van der Waals surface area contributed by atoms with Gasteiger partial charge in [-0.2, -0.15) is 0 Å². The van der Waals surface area contributed by atoms with Gasteiger partial charge in [0.2, 0.25) is 0 Å². The van der Waals surface area contributed by atoms with E-state index in [2.05, 4.69) is 17.1 Å². The lowest BCUT2D eigenvalue weighted by molar-refractivity contribution is 0.170. The molecule has 0 saturated heterocycles. The highest BCUT2D eigenvalue weighted by molar-refractivity contribution is 6.31. The van der Waals surface area contributed by atoms with Crippen LogP contribution in [-0.4, -0.2) is 43.2 Å². The second-order valence-electron chi connectivity index (χ2n) is 4.51. The Morgan fingerprint density at radius 3 is 2.53 bits per heavy atom. The van der Waals surface area contributed by atoms with Gasteiger partial charge in [-0.1, -0.05) is 29.8 Å². The van der Waals surface area contributed by atoms with Gasteiger partial charge in [0.25, 0.3) is 0 Å². The van der Waals surface area contributed by atoms with Crippen LogP contribution in [0.3, 0.4) is 0 Å². The van der Waals surface area contributed by atoms with Crippen LogP contribution in [0.5, 0.6) is 0 Å². The van der Waals surface area contributed by atoms with Gasteiger partial charge in [0.05, 0.1) is 6.10 Å². The van der Waals surface area contributed by atoms with Gasteiger partial charge in [-0.15, -0.1) is 0 Å². The van der Waals surface area contributed by atoms with Crippen molar-refractivity contribution in [2.45, 2.75) is 19.1 Å². The lowest BCUT2D eigenvalue weighted by atomic mass is 10.1. The lowest BCUT2D eigenvalue weighted by Gasteiger charge is -2.21. The first-order valence-corrected chi connectivity index (χ1v) is 6.19. The first kappa shape index (κ1) is 14.5. The van der Waals surface area contributed by atoms with Gasteiger partial charge >= 0.3 is 0 Å². The van der Waals surface area contributed by atoms with E-state index in [4.69, 9.17) is 11.6 Å². The Balaban J connectivity index is 2.40. The molecule has 0 aliphatic rings. The van der Waals surface area contributed by atoms with Crippen molar-refractivity contribution in [1.29, 1.82) is 0 Å². The summed E-state index contributed by atoms with van der Waals surface area (Å²) in [4.78, 5) is 2.13. The predicted molar refractivity (Wildman–Crippen MR) is 72.4 cm³/mol. The van der Waals surface area contributed by atoms with Crippen molar-refractivity contribution in [1.82, 2.24) is 10.2 Å². The van der Waals surface area contributed by atoms with Crippen LogP contribution in [0.15, 0.2) is 24.3 Å². The molecule has 1 rings (SSSR count). The third-order valence-corrected chi connectivity index (χ3v) is 3.27. The van der Waals surface area contributed by atoms with Crippen molar-refractivity contribution in [3.63, 3.8) is 0 Å². The molecule has 0 heterocycles. The standard InChI is InChI=1S/C13H21ClN2O/c1-10(16(2)3)8-15-9-13(17)11-6-4-5-7-12(11)14/h4-7,10,13,15,17H,8-9H2,1-3H3. The minimum atomic E-state index is -0.557. The molecule has 2 atom stereocenters. The molecule has 0 saturated carbocycles. The molecular formula is C13H21ClN2O. The van der Waals surface area contributed by atoms with Crippen LogP contribution >= 0.6 is 11.6 Å². The Morgan fingerprint density at radius 1 is 1.29 bits per heavy atom. The molecule has 0 spiro atoms. The molecule has 0 aliphatic carbocycles. The van der Waals surface area contributed by atoms with E-state index >= 15 is 0 Å². The molecule has 17 heavy (non-hydrogen) atoms. The monoisotopic (exact) mass is 256 g/mol. The molecular weight excluding hydrogens is 236 g/mol. The van der Waals surface area contributed by atoms with Crippen LogP contribution in [0.4, 0.5) is 0 Å². The second kappa shape index (κ2) is 6.97. The van der Waals surface area contributed by atoms with Crippen LogP contribution in [0, 0.1) is 0 Å². The fraction of sp³-hybridized carbons (Fsp3) is 0.538. The quantitative estimate of drug-likeness (QED) is 0.816. The maximum atomic E-state index is 9.99. The average Bonchev–Trinajstić information content (AvgIpc) is 2.29. The number of hydrogen-bond acceptors (Lipinski definition) is 3. The molecule has 3 nitrogen and oxygen atoms in total. The van der Waals surface area contributed by atoms with Crippen molar-refractivity contribution in [2.24, 2.45) is 0 Å². The number of hydrogen-bond donors (Lipinski definition) is 2. The fourth-order valence-electron chi connectivity index (χ4n) is 1.47. The topological polar surface area (TPSA) is 35.5 Å². The summed E-state index contributed by atoms with van der Waals surface area (Å²) in [6, 6.07) is 7.83. The maximum Gasteiger partial charge on any atom is 0.0928 e. The zero-order valence-corrected chi connectivity index (χ0v) is 11.4. The Kier molecular flexibility index (Phi) is 5.92. The number of benzene rings is 1. The van der Waals surface area contributed by atoms with Gasteiger partial charge in [-0.05, 0) is 27.1 Å². The minimum absolute atomic E-state index is 0.438. The van der Waals surface area contributed by atoms with Gasteiger partial charge < -0.3 is 15.3 Å². The highest BCUT2D eigenvalue weighted by Crippen LogP contribution is 2.21. The number of nitrogens with one attached hydrogen (secondary N) is 1. The average molecular weight is 257 g/mol. The van der Waals surface area contributed by atoms with E-state index in [0.717, 1.165) is 12.1 Å². The third-order valence-electron chi connectivity index (χ3n) is 2.92. The Bertz CT molecular complexity index is 344. The molecule has 4 heteroatoms. The molecule has 96 valence electrons. The summed E-state index contributed by atoms with van der Waals surface area (Å²) in [6.07, 6.45) is -0.557. The van der Waals surface area contributed by atoms with Gasteiger partial charge in [0, 0.05) is 29.7 Å². The molecule has 0 aliphatic heterocycles. The highest BCUT2D eigenvalue weighted by atomic mass is 35.5. The Hall–Kier alpha value is -0.610. The number of aliphatic hydroxyl groups is 1. The van der Waals surface area contributed by atoms with Crippen LogP contribution in [0.2, 0.25) is 5.02 Å². The Labute approximate surface area is 108 Å². The number of halogens is 1. The molecule has 0 amide bonds. The molecule has 1 aromatic rings. The van der Waals surface area contributed by atoms with Crippen molar-refractivity contribution in [3.05, 3.63) is 34.9 Å². The summed E-state index contributed by atoms with van der Waals surface area (Å²) in [7, 11) is 4.08. The fourth-order valence-corrected chi connectivity index (χ4v) is 1.73. The maximum absolute atomic E-state index is 9.99. The number of likely N-dealkylation sites (N-methyl/N-ethyl adjacent to an activating group) is 1. The summed E-state index contributed by atoms with van der Waals surface area (Å²) >= 11 is 6.02. The van der Waals surface area contributed by atoms with Gasteiger partial charge in [-0.25, -0.2) is 0 Å². The van der Waals surface area contributed by atoms with E-state index in [9.17, 15) is 5.11 Å².